The van der Waals surface area contributed by atoms with E-state index in [1.807, 2.05) is 6.08 Å². The largest absolute Gasteiger partial charge is 0.492 e. The third-order valence-electron chi connectivity index (χ3n) is 3.89. The molecule has 6 nitrogen and oxygen atoms in total. The minimum Gasteiger partial charge on any atom is -0.492 e. The van der Waals surface area contributed by atoms with Crippen molar-refractivity contribution < 1.29 is 17.9 Å². The van der Waals surface area contributed by atoms with Crippen LogP contribution in [0.3, 0.4) is 0 Å². The van der Waals surface area contributed by atoms with Gasteiger partial charge in [0, 0.05) is 13.2 Å². The number of ether oxygens (including phenoxy) is 1. The molecule has 1 heterocycles. The van der Waals surface area contributed by atoms with Crippen molar-refractivity contribution >= 4 is 17.5 Å². The molecule has 0 radical (unpaired) electrons. The van der Waals surface area contributed by atoms with Crippen LogP contribution in [0.2, 0.25) is 0 Å². The van der Waals surface area contributed by atoms with Crippen molar-refractivity contribution in [3.05, 3.63) is 47.0 Å². The zero-order chi connectivity index (χ0) is 20.0. The van der Waals surface area contributed by atoms with Gasteiger partial charge in [0.25, 0.3) is 0 Å². The van der Waals surface area contributed by atoms with E-state index in [1.165, 1.54) is 14.2 Å². The average Bonchev–Trinajstić information content (AvgIpc) is 2.63. The smallest absolute Gasteiger partial charge is 0.421 e. The van der Waals surface area contributed by atoms with Crippen molar-refractivity contribution in [3.8, 4) is 0 Å². The minimum absolute atomic E-state index is 0.0345. The van der Waals surface area contributed by atoms with Gasteiger partial charge in [-0.2, -0.15) is 18.2 Å². The molecule has 0 saturated carbocycles. The van der Waals surface area contributed by atoms with Crippen LogP contribution in [0.25, 0.3) is 0 Å². The van der Waals surface area contributed by atoms with E-state index in [0.29, 0.717) is 11.9 Å². The van der Waals surface area contributed by atoms with E-state index >= 15 is 0 Å². The van der Waals surface area contributed by atoms with Crippen molar-refractivity contribution in [1.29, 1.82) is 5.41 Å². The molecule has 0 spiro atoms. The fourth-order valence-corrected chi connectivity index (χ4v) is 2.50. The molecule has 0 saturated heterocycles. The summed E-state index contributed by atoms with van der Waals surface area (Å²) in [6.45, 7) is 2.09. The van der Waals surface area contributed by atoms with Crippen molar-refractivity contribution in [1.82, 2.24) is 9.97 Å². The van der Waals surface area contributed by atoms with Crippen molar-refractivity contribution in [2.75, 3.05) is 24.8 Å². The lowest BCUT2D eigenvalue weighted by atomic mass is 10.00. The topological polar surface area (TPSA) is 82.9 Å². The van der Waals surface area contributed by atoms with Gasteiger partial charge < -0.3 is 15.4 Å². The monoisotopic (exact) mass is 381 g/mol. The molecule has 27 heavy (non-hydrogen) atoms. The van der Waals surface area contributed by atoms with E-state index < -0.39 is 11.7 Å². The molecule has 2 rings (SSSR count). The summed E-state index contributed by atoms with van der Waals surface area (Å²) in [7, 11) is 2.78. The molecule has 0 atom stereocenters. The van der Waals surface area contributed by atoms with E-state index in [4.69, 9.17) is 10.1 Å². The summed E-state index contributed by atoms with van der Waals surface area (Å²) < 4.78 is 44.2. The van der Waals surface area contributed by atoms with Crippen LogP contribution < -0.4 is 10.6 Å². The maximum atomic E-state index is 12.9. The zero-order valence-electron chi connectivity index (χ0n) is 15.4. The second-order valence-electron chi connectivity index (χ2n) is 5.79. The lowest BCUT2D eigenvalue weighted by molar-refractivity contribution is -0.137. The first-order valence-electron chi connectivity index (χ1n) is 8.46. The fourth-order valence-electron chi connectivity index (χ4n) is 2.50. The highest BCUT2D eigenvalue weighted by atomic mass is 19.4. The Morgan fingerprint density at radius 1 is 1.30 bits per heavy atom. The molecule has 0 unspecified atom stereocenters. The number of allylic oxidation sites excluding steroid dienone is 4. The third-order valence-corrected chi connectivity index (χ3v) is 3.89. The van der Waals surface area contributed by atoms with Crippen LogP contribution in [-0.2, 0) is 10.9 Å². The molecule has 0 amide bonds. The first-order chi connectivity index (χ1) is 12.8. The number of rotatable bonds is 7. The van der Waals surface area contributed by atoms with E-state index in [1.54, 1.807) is 12.2 Å². The van der Waals surface area contributed by atoms with E-state index in [-0.39, 0.29) is 23.2 Å². The molecule has 0 aliphatic heterocycles. The highest BCUT2D eigenvalue weighted by Crippen LogP contribution is 2.33. The highest BCUT2D eigenvalue weighted by molar-refractivity contribution is 6.13. The van der Waals surface area contributed by atoms with Gasteiger partial charge in [-0.1, -0.05) is 31.9 Å². The maximum Gasteiger partial charge on any atom is 0.421 e. The van der Waals surface area contributed by atoms with Crippen LogP contribution in [0.4, 0.5) is 24.9 Å². The van der Waals surface area contributed by atoms with E-state index in [0.717, 1.165) is 24.8 Å². The Bertz CT molecular complexity index is 797. The molecular formula is C18H22F3N5O. The molecule has 0 bridgehead atoms. The summed E-state index contributed by atoms with van der Waals surface area (Å²) in [4.78, 5) is 7.59. The lowest BCUT2D eigenvalue weighted by Gasteiger charge is -2.19. The SMILES string of the molecule is CCCC/C=C1/C=CC(Nc2ncc(C(F)(F)F)c(NC)n2)=C(OC)C1=N. The molecular weight excluding hydrogens is 359 g/mol. The van der Waals surface area contributed by atoms with E-state index in [2.05, 4.69) is 27.5 Å². The number of halogens is 3. The quantitative estimate of drug-likeness (QED) is 0.605. The first kappa shape index (κ1) is 20.5. The normalized spacial score (nSPS) is 16.1. The van der Waals surface area contributed by atoms with Gasteiger partial charge in [0.2, 0.25) is 5.95 Å². The molecule has 1 aromatic heterocycles. The lowest BCUT2D eigenvalue weighted by Crippen LogP contribution is -2.18. The van der Waals surface area contributed by atoms with Gasteiger partial charge >= 0.3 is 6.18 Å². The van der Waals surface area contributed by atoms with Gasteiger partial charge in [0.15, 0.2) is 5.76 Å². The third kappa shape index (κ3) is 4.87. The summed E-state index contributed by atoms with van der Waals surface area (Å²) in [5.41, 5.74) is 0.371. The Hall–Kier alpha value is -2.84. The van der Waals surface area contributed by atoms with Gasteiger partial charge in [-0.3, -0.25) is 5.41 Å². The van der Waals surface area contributed by atoms with Crippen LogP contribution in [-0.4, -0.2) is 29.8 Å². The number of aromatic nitrogens is 2. The van der Waals surface area contributed by atoms with Crippen LogP contribution in [0.5, 0.6) is 0 Å². The van der Waals surface area contributed by atoms with Crippen molar-refractivity contribution in [2.24, 2.45) is 0 Å². The van der Waals surface area contributed by atoms with Crippen LogP contribution in [0.15, 0.2) is 41.5 Å². The predicted octanol–water partition coefficient (Wildman–Crippen LogP) is 4.51. The Labute approximate surface area is 155 Å². The van der Waals surface area contributed by atoms with Crippen molar-refractivity contribution in [2.45, 2.75) is 32.4 Å². The Kier molecular flexibility index (Phi) is 6.59. The minimum atomic E-state index is -4.56. The van der Waals surface area contributed by atoms with Gasteiger partial charge in [0.1, 0.15) is 17.1 Å². The summed E-state index contributed by atoms with van der Waals surface area (Å²) in [6, 6.07) is 0. The second-order valence-corrected chi connectivity index (χ2v) is 5.79. The van der Waals surface area contributed by atoms with Crippen LogP contribution in [0, 0.1) is 5.41 Å². The number of hydrogen-bond acceptors (Lipinski definition) is 6. The number of methoxy groups -OCH3 is 1. The Morgan fingerprint density at radius 3 is 2.63 bits per heavy atom. The first-order valence-corrected chi connectivity index (χ1v) is 8.46. The predicted molar refractivity (Wildman–Crippen MR) is 98.7 cm³/mol. The zero-order valence-corrected chi connectivity index (χ0v) is 15.4. The number of alkyl halides is 3. The molecule has 1 aromatic rings. The maximum absolute atomic E-state index is 12.9. The number of nitrogens with zero attached hydrogens (tertiary/aromatic N) is 2. The summed E-state index contributed by atoms with van der Waals surface area (Å²) in [6.07, 6.45) is 4.49. The molecule has 3 N–H and O–H groups in total. The summed E-state index contributed by atoms with van der Waals surface area (Å²) >= 11 is 0. The van der Waals surface area contributed by atoms with E-state index in [9.17, 15) is 13.2 Å². The number of anilines is 2. The Balaban J connectivity index is 2.28. The number of hydrogen-bond donors (Lipinski definition) is 3. The summed E-state index contributed by atoms with van der Waals surface area (Å²) in [5.74, 6) is -0.0999. The second kappa shape index (κ2) is 8.70. The molecule has 1 aliphatic carbocycles. The van der Waals surface area contributed by atoms with Gasteiger partial charge in [-0.15, -0.1) is 0 Å². The van der Waals surface area contributed by atoms with Gasteiger partial charge in [0.05, 0.1) is 12.8 Å². The average molecular weight is 381 g/mol. The number of nitrogens with one attached hydrogen (secondary N) is 3. The standard InChI is InChI=1S/C18H22F3N5O/c1-4-5-6-7-11-8-9-13(15(27-3)14(11)22)25-17-24-10-12(18(19,20)21)16(23-2)26-17/h7-10,22H,4-6H2,1-3H3,(H2,23,24,25,26)/b11-7-,22-14?. The molecule has 0 aromatic carbocycles. The molecule has 146 valence electrons. The van der Waals surface area contributed by atoms with Gasteiger partial charge in [-0.25, -0.2) is 4.98 Å². The Morgan fingerprint density at radius 2 is 2.04 bits per heavy atom. The molecule has 9 heteroatoms. The molecule has 1 aliphatic rings. The van der Waals surface area contributed by atoms with Crippen LogP contribution in [0.1, 0.15) is 31.7 Å². The van der Waals surface area contributed by atoms with Crippen molar-refractivity contribution in [3.63, 3.8) is 0 Å². The highest BCUT2D eigenvalue weighted by Gasteiger charge is 2.35. The molecule has 0 fully saturated rings. The van der Waals surface area contributed by atoms with Gasteiger partial charge in [-0.05, 0) is 18.1 Å². The summed E-state index contributed by atoms with van der Waals surface area (Å²) in [5, 5.41) is 13.5. The van der Waals surface area contributed by atoms with Crippen LogP contribution >= 0.6 is 0 Å². The number of unbranched alkanes of at least 4 members (excludes halogenated alkanes) is 2. The fraction of sp³-hybridized carbons (Fsp3) is 0.389.